The average Bonchev–Trinajstić information content (AvgIpc) is 3.37. The monoisotopic (exact) mass is 458 g/mol. The van der Waals surface area contributed by atoms with Crippen LogP contribution in [0.1, 0.15) is 38.2 Å². The van der Waals surface area contributed by atoms with Crippen molar-refractivity contribution in [2.75, 3.05) is 5.32 Å². The fourth-order valence-corrected chi connectivity index (χ4v) is 6.37. The highest BCUT2D eigenvalue weighted by Crippen LogP contribution is 2.49. The Hall–Kier alpha value is -2.15. The number of halogens is 1. The summed E-state index contributed by atoms with van der Waals surface area (Å²) in [5, 5.41) is 3.37. The van der Waals surface area contributed by atoms with E-state index in [2.05, 4.69) is 10.0 Å². The number of fused-ring (bicyclic) bond motifs is 2. The third-order valence-corrected chi connectivity index (χ3v) is 8.33. The number of hydrogen-bond acceptors (Lipinski definition) is 3. The second kappa shape index (κ2) is 9.15. The molecule has 0 aromatic heterocycles. The quantitative estimate of drug-likeness (QED) is 0.567. The van der Waals surface area contributed by atoms with Crippen LogP contribution in [0.15, 0.2) is 59.5 Å². The van der Waals surface area contributed by atoms with E-state index in [1.807, 2.05) is 19.1 Å². The minimum atomic E-state index is -3.60. The summed E-state index contributed by atoms with van der Waals surface area (Å²) in [6.07, 6.45) is 8.00. The van der Waals surface area contributed by atoms with E-state index in [-0.39, 0.29) is 16.8 Å². The Morgan fingerprint density at radius 3 is 2.39 bits per heavy atom. The third-order valence-electron chi connectivity index (χ3n) is 6.51. The Bertz CT molecular complexity index is 1070. The molecule has 2 aliphatic carbocycles. The lowest BCUT2D eigenvalue weighted by Gasteiger charge is -2.28. The lowest BCUT2D eigenvalue weighted by Crippen LogP contribution is -2.40. The molecule has 2 aromatic carbocycles. The molecule has 2 bridgehead atoms. The summed E-state index contributed by atoms with van der Waals surface area (Å²) < 4.78 is 28.5. The minimum Gasteiger partial charge on any atom is -0.323 e. The van der Waals surface area contributed by atoms with E-state index in [0.29, 0.717) is 22.5 Å². The van der Waals surface area contributed by atoms with Crippen LogP contribution in [-0.2, 0) is 14.8 Å². The van der Waals surface area contributed by atoms with Gasteiger partial charge in [-0.05, 0) is 92.0 Å². The molecular formula is C24H27ClN2O3S. The highest BCUT2D eigenvalue weighted by molar-refractivity contribution is 7.89. The van der Waals surface area contributed by atoms with Crippen LogP contribution in [0.25, 0.3) is 6.08 Å². The number of anilines is 1. The van der Waals surface area contributed by atoms with Crippen molar-refractivity contribution in [3.8, 4) is 0 Å². The number of amides is 1. The molecule has 0 spiro atoms. The van der Waals surface area contributed by atoms with Crippen molar-refractivity contribution in [2.45, 2.75) is 43.5 Å². The van der Waals surface area contributed by atoms with Crippen molar-refractivity contribution in [2.24, 2.45) is 17.8 Å². The van der Waals surface area contributed by atoms with Crippen LogP contribution in [0.5, 0.6) is 0 Å². The first-order chi connectivity index (χ1) is 14.8. The summed E-state index contributed by atoms with van der Waals surface area (Å²) in [5.41, 5.74) is 1.39. The fourth-order valence-electron chi connectivity index (χ4n) is 4.95. The Labute approximate surface area is 188 Å². The molecule has 7 heteroatoms. The summed E-state index contributed by atoms with van der Waals surface area (Å²) >= 11 is 5.85. The van der Waals surface area contributed by atoms with Crippen LogP contribution in [0.2, 0.25) is 5.02 Å². The van der Waals surface area contributed by atoms with Crippen LogP contribution < -0.4 is 10.0 Å². The zero-order chi connectivity index (χ0) is 22.0. The van der Waals surface area contributed by atoms with E-state index in [1.165, 1.54) is 37.5 Å². The number of rotatable bonds is 7. The number of hydrogen-bond donors (Lipinski definition) is 2. The number of nitrogens with one attached hydrogen (secondary N) is 2. The van der Waals surface area contributed by atoms with Gasteiger partial charge in [-0.3, -0.25) is 4.79 Å². The summed E-state index contributed by atoms with van der Waals surface area (Å²) in [5.74, 6) is 1.56. The number of benzene rings is 2. The molecule has 0 heterocycles. The zero-order valence-electron chi connectivity index (χ0n) is 17.4. The maximum absolute atomic E-state index is 12.8. The first-order valence-electron chi connectivity index (χ1n) is 10.7. The number of carbonyl (C=O) groups excluding carboxylic acids is 1. The van der Waals surface area contributed by atoms with Gasteiger partial charge in [0, 0.05) is 22.8 Å². The second-order valence-electron chi connectivity index (χ2n) is 8.65. The van der Waals surface area contributed by atoms with Gasteiger partial charge in [-0.1, -0.05) is 30.2 Å². The predicted octanol–water partition coefficient (Wildman–Crippen LogP) is 5.09. The molecule has 164 valence electrons. The van der Waals surface area contributed by atoms with E-state index < -0.39 is 10.0 Å². The standard InChI is InChI=1S/C24H27ClN2O3S/c1-16(23-15-18-2-6-19(23)14-18)27-31(29,30)22-11-9-21(10-12-22)26-24(28)13-5-17-3-7-20(25)8-4-17/h3-5,7-13,16,18-19,23,27H,2,6,14-15H2,1H3,(H,26,28)/b13-5+/t16-,18-,19-,23+/m1/s1. The summed E-state index contributed by atoms with van der Waals surface area (Å²) in [4.78, 5) is 12.3. The van der Waals surface area contributed by atoms with Gasteiger partial charge in [-0.25, -0.2) is 13.1 Å². The van der Waals surface area contributed by atoms with Crippen LogP contribution in [-0.4, -0.2) is 20.4 Å². The Kier molecular flexibility index (Phi) is 6.51. The molecule has 2 aliphatic rings. The van der Waals surface area contributed by atoms with Gasteiger partial charge in [0.2, 0.25) is 15.9 Å². The lowest BCUT2D eigenvalue weighted by atomic mass is 9.84. The molecular weight excluding hydrogens is 432 g/mol. The van der Waals surface area contributed by atoms with Gasteiger partial charge in [0.25, 0.3) is 0 Å². The molecule has 0 aliphatic heterocycles. The molecule has 0 saturated heterocycles. The fraction of sp³-hybridized carbons (Fsp3) is 0.375. The van der Waals surface area contributed by atoms with Crippen LogP contribution in [0.4, 0.5) is 5.69 Å². The first kappa shape index (κ1) is 22.1. The van der Waals surface area contributed by atoms with Crippen molar-refractivity contribution >= 4 is 39.3 Å². The van der Waals surface area contributed by atoms with E-state index in [1.54, 1.807) is 30.3 Å². The lowest BCUT2D eigenvalue weighted by molar-refractivity contribution is -0.111. The Morgan fingerprint density at radius 1 is 1.06 bits per heavy atom. The molecule has 31 heavy (non-hydrogen) atoms. The molecule has 5 nitrogen and oxygen atoms in total. The number of carbonyl (C=O) groups is 1. The van der Waals surface area contributed by atoms with Crippen molar-refractivity contribution in [1.29, 1.82) is 0 Å². The topological polar surface area (TPSA) is 75.3 Å². The molecule has 1 amide bonds. The first-order valence-corrected chi connectivity index (χ1v) is 12.5. The summed E-state index contributed by atoms with van der Waals surface area (Å²) in [6.45, 7) is 1.98. The molecule has 2 aromatic rings. The maximum atomic E-state index is 12.8. The van der Waals surface area contributed by atoms with E-state index in [9.17, 15) is 13.2 Å². The second-order valence-corrected chi connectivity index (χ2v) is 10.8. The maximum Gasteiger partial charge on any atom is 0.248 e. The van der Waals surface area contributed by atoms with Crippen molar-refractivity contribution in [1.82, 2.24) is 4.72 Å². The summed E-state index contributed by atoms with van der Waals surface area (Å²) in [7, 11) is -3.60. The SMILES string of the molecule is C[C@@H](NS(=O)(=O)c1ccc(NC(=O)/C=C/c2ccc(Cl)cc2)cc1)[C@@H]1C[C@@H]2CC[C@@H]1C2. The van der Waals surface area contributed by atoms with Gasteiger partial charge in [-0.2, -0.15) is 0 Å². The van der Waals surface area contributed by atoms with E-state index in [0.717, 1.165) is 17.9 Å². The third kappa shape index (κ3) is 5.37. The van der Waals surface area contributed by atoms with Crippen LogP contribution in [0.3, 0.4) is 0 Å². The van der Waals surface area contributed by atoms with Gasteiger partial charge < -0.3 is 5.32 Å². The van der Waals surface area contributed by atoms with Crippen LogP contribution in [0, 0.1) is 17.8 Å². The predicted molar refractivity (Wildman–Crippen MR) is 124 cm³/mol. The van der Waals surface area contributed by atoms with E-state index >= 15 is 0 Å². The molecule has 4 rings (SSSR count). The molecule has 2 saturated carbocycles. The molecule has 0 radical (unpaired) electrons. The van der Waals surface area contributed by atoms with Crippen molar-refractivity contribution < 1.29 is 13.2 Å². The molecule has 4 atom stereocenters. The largest absolute Gasteiger partial charge is 0.323 e. The van der Waals surface area contributed by atoms with Gasteiger partial charge in [0.15, 0.2) is 0 Å². The van der Waals surface area contributed by atoms with Gasteiger partial charge >= 0.3 is 0 Å². The zero-order valence-corrected chi connectivity index (χ0v) is 19.0. The average molecular weight is 459 g/mol. The highest BCUT2D eigenvalue weighted by atomic mass is 35.5. The van der Waals surface area contributed by atoms with Gasteiger partial charge in [-0.15, -0.1) is 0 Å². The highest BCUT2D eigenvalue weighted by Gasteiger charge is 2.42. The number of sulfonamides is 1. The minimum absolute atomic E-state index is 0.0716. The van der Waals surface area contributed by atoms with Crippen LogP contribution >= 0.6 is 11.6 Å². The molecule has 2 N–H and O–H groups in total. The Balaban J connectivity index is 1.34. The summed E-state index contributed by atoms with van der Waals surface area (Å²) in [6, 6.07) is 13.3. The van der Waals surface area contributed by atoms with Gasteiger partial charge in [0.05, 0.1) is 4.90 Å². The van der Waals surface area contributed by atoms with E-state index in [4.69, 9.17) is 11.6 Å². The molecule has 2 fully saturated rings. The Morgan fingerprint density at radius 2 is 1.77 bits per heavy atom. The smallest absolute Gasteiger partial charge is 0.248 e. The molecule has 0 unspecified atom stereocenters. The van der Waals surface area contributed by atoms with Crippen molar-refractivity contribution in [3.05, 3.63) is 65.2 Å². The van der Waals surface area contributed by atoms with Gasteiger partial charge in [0.1, 0.15) is 0 Å². The van der Waals surface area contributed by atoms with Crippen molar-refractivity contribution in [3.63, 3.8) is 0 Å². The normalized spacial score (nSPS) is 23.9.